The molecule has 0 aliphatic carbocycles. The highest BCUT2D eigenvalue weighted by Gasteiger charge is 2.39. The van der Waals surface area contributed by atoms with Crippen molar-refractivity contribution in [3.05, 3.63) is 60.2 Å². The van der Waals surface area contributed by atoms with E-state index < -0.39 is 5.60 Å². The number of aliphatic hydroxyl groups is 1. The van der Waals surface area contributed by atoms with Gasteiger partial charge >= 0.3 is 6.03 Å². The fourth-order valence-corrected chi connectivity index (χ4v) is 3.93. The summed E-state index contributed by atoms with van der Waals surface area (Å²) < 4.78 is 0. The van der Waals surface area contributed by atoms with Gasteiger partial charge in [0, 0.05) is 11.4 Å². The van der Waals surface area contributed by atoms with Gasteiger partial charge in [-0.25, -0.2) is 4.79 Å². The molecule has 0 saturated carbocycles. The maximum atomic E-state index is 12.7. The van der Waals surface area contributed by atoms with E-state index in [1.807, 2.05) is 54.6 Å². The number of likely N-dealkylation sites (tertiary alicyclic amines) is 1. The molecule has 1 saturated heterocycles. The van der Waals surface area contributed by atoms with E-state index in [2.05, 4.69) is 12.2 Å². The number of urea groups is 1. The largest absolute Gasteiger partial charge is 0.383 e. The first kappa shape index (κ1) is 17.8. The van der Waals surface area contributed by atoms with Crippen LogP contribution in [0.5, 0.6) is 0 Å². The number of carbonyl (C=O) groups is 1. The molecule has 4 nitrogen and oxygen atoms in total. The van der Waals surface area contributed by atoms with Crippen molar-refractivity contribution in [2.45, 2.75) is 30.3 Å². The third kappa shape index (κ3) is 4.17. The predicted octanol–water partition coefficient (Wildman–Crippen LogP) is 4.31. The number of nitrogens with one attached hydrogen (secondary N) is 1. The van der Waals surface area contributed by atoms with Crippen molar-refractivity contribution >= 4 is 23.5 Å². The molecule has 1 aliphatic heterocycles. The van der Waals surface area contributed by atoms with E-state index in [-0.39, 0.29) is 6.03 Å². The minimum Gasteiger partial charge on any atom is -0.383 e. The Bertz CT molecular complexity index is 723. The van der Waals surface area contributed by atoms with Crippen LogP contribution in [0.15, 0.2) is 59.5 Å². The van der Waals surface area contributed by atoms with E-state index in [9.17, 15) is 9.90 Å². The number of carbonyl (C=O) groups excluding carboxylic acids is 1. The van der Waals surface area contributed by atoms with E-state index in [4.69, 9.17) is 0 Å². The van der Waals surface area contributed by atoms with Gasteiger partial charge in [0.15, 0.2) is 0 Å². The average Bonchev–Trinajstić information content (AvgIpc) is 3.05. The van der Waals surface area contributed by atoms with Crippen LogP contribution in [-0.2, 0) is 5.60 Å². The number of anilines is 1. The van der Waals surface area contributed by atoms with Crippen LogP contribution < -0.4 is 5.32 Å². The molecule has 5 heteroatoms. The molecule has 0 spiro atoms. The Kier molecular flexibility index (Phi) is 5.66. The summed E-state index contributed by atoms with van der Waals surface area (Å²) in [5, 5.41) is 13.9. The third-order valence-corrected chi connectivity index (χ3v) is 5.72. The van der Waals surface area contributed by atoms with Crippen LogP contribution in [0.4, 0.5) is 10.5 Å². The van der Waals surface area contributed by atoms with Gasteiger partial charge in [-0.1, -0.05) is 49.4 Å². The van der Waals surface area contributed by atoms with E-state index in [0.29, 0.717) is 19.5 Å². The summed E-state index contributed by atoms with van der Waals surface area (Å²) in [4.78, 5) is 15.4. The Labute approximate surface area is 153 Å². The molecule has 0 aromatic heterocycles. The molecule has 2 N–H and O–H groups in total. The molecular weight excluding hydrogens is 332 g/mol. The predicted molar refractivity (Wildman–Crippen MR) is 103 cm³/mol. The Morgan fingerprint density at radius 1 is 1.20 bits per heavy atom. The van der Waals surface area contributed by atoms with Crippen LogP contribution in [0.2, 0.25) is 0 Å². The van der Waals surface area contributed by atoms with Gasteiger partial charge in [-0.2, -0.15) is 0 Å². The first-order valence-electron chi connectivity index (χ1n) is 8.68. The molecule has 1 atom stereocenters. The number of rotatable bonds is 5. The maximum Gasteiger partial charge on any atom is 0.321 e. The van der Waals surface area contributed by atoms with Crippen molar-refractivity contribution in [1.29, 1.82) is 0 Å². The molecule has 1 heterocycles. The molecule has 0 bridgehead atoms. The Morgan fingerprint density at radius 3 is 2.68 bits per heavy atom. The summed E-state index contributed by atoms with van der Waals surface area (Å²) in [5.41, 5.74) is 0.736. The van der Waals surface area contributed by atoms with Crippen LogP contribution >= 0.6 is 11.8 Å². The number of nitrogens with zero attached hydrogens (tertiary/aromatic N) is 1. The van der Waals surface area contributed by atoms with Crippen LogP contribution in [0, 0.1) is 0 Å². The standard InChI is InChI=1S/C20H24N2O2S/c1-2-14-25-18-11-7-6-10-17(18)21-19(23)22-13-12-20(24,15-22)16-8-4-3-5-9-16/h3-11,24H,2,12-15H2,1H3,(H,21,23)/t20-/m0/s1. The summed E-state index contributed by atoms with van der Waals surface area (Å²) in [7, 11) is 0. The highest BCUT2D eigenvalue weighted by Crippen LogP contribution is 2.33. The first-order valence-corrected chi connectivity index (χ1v) is 9.66. The third-order valence-electron chi connectivity index (χ3n) is 4.44. The summed E-state index contributed by atoms with van der Waals surface area (Å²) in [6, 6.07) is 17.3. The van der Waals surface area contributed by atoms with Gasteiger partial charge in [-0.15, -0.1) is 11.8 Å². The lowest BCUT2D eigenvalue weighted by Gasteiger charge is -2.24. The Morgan fingerprint density at radius 2 is 1.92 bits per heavy atom. The van der Waals surface area contributed by atoms with E-state index in [1.165, 1.54) is 0 Å². The summed E-state index contributed by atoms with van der Waals surface area (Å²) >= 11 is 1.75. The number of thioether (sulfide) groups is 1. The zero-order valence-corrected chi connectivity index (χ0v) is 15.3. The van der Waals surface area contributed by atoms with E-state index >= 15 is 0 Å². The second-order valence-electron chi connectivity index (χ2n) is 6.34. The lowest BCUT2D eigenvalue weighted by Crippen LogP contribution is -2.37. The number of hydrogen-bond acceptors (Lipinski definition) is 3. The molecule has 3 rings (SSSR count). The molecule has 1 aliphatic rings. The molecule has 2 aromatic carbocycles. The summed E-state index contributed by atoms with van der Waals surface area (Å²) in [6.07, 6.45) is 1.64. The molecule has 2 aromatic rings. The van der Waals surface area contributed by atoms with Gasteiger partial charge in [-0.3, -0.25) is 0 Å². The van der Waals surface area contributed by atoms with Crippen LogP contribution in [-0.4, -0.2) is 34.9 Å². The molecule has 2 amide bonds. The van der Waals surface area contributed by atoms with Gasteiger partial charge in [0.1, 0.15) is 5.60 Å². The number of β-amino-alcohol motifs (C(OH)–C–C–N with tert-alkyl or cyclic N) is 1. The molecule has 1 fully saturated rings. The number of hydrogen-bond donors (Lipinski definition) is 2. The van der Waals surface area contributed by atoms with Crippen LogP contribution in [0.25, 0.3) is 0 Å². The van der Waals surface area contributed by atoms with Crippen LogP contribution in [0.1, 0.15) is 25.3 Å². The van der Waals surface area contributed by atoms with Crippen LogP contribution in [0.3, 0.4) is 0 Å². The molecule has 0 unspecified atom stereocenters. The van der Waals surface area contributed by atoms with Gasteiger partial charge in [0.2, 0.25) is 0 Å². The zero-order valence-electron chi connectivity index (χ0n) is 14.4. The maximum absolute atomic E-state index is 12.7. The highest BCUT2D eigenvalue weighted by molar-refractivity contribution is 7.99. The molecule has 132 valence electrons. The fraction of sp³-hybridized carbons (Fsp3) is 0.350. The van der Waals surface area contributed by atoms with E-state index in [0.717, 1.165) is 28.3 Å². The summed E-state index contributed by atoms with van der Waals surface area (Å²) in [5.74, 6) is 1.02. The molecule has 25 heavy (non-hydrogen) atoms. The zero-order chi connectivity index (χ0) is 17.7. The smallest absolute Gasteiger partial charge is 0.321 e. The number of amides is 2. The first-order chi connectivity index (χ1) is 12.1. The minimum atomic E-state index is -0.963. The van der Waals surface area contributed by atoms with Crippen molar-refractivity contribution < 1.29 is 9.90 Å². The molecular formula is C20H24N2O2S. The quantitative estimate of drug-likeness (QED) is 0.785. The van der Waals surface area contributed by atoms with Gasteiger partial charge in [0.25, 0.3) is 0 Å². The highest BCUT2D eigenvalue weighted by atomic mass is 32.2. The van der Waals surface area contributed by atoms with Crippen molar-refractivity contribution in [1.82, 2.24) is 4.90 Å². The van der Waals surface area contributed by atoms with Crippen molar-refractivity contribution in [2.24, 2.45) is 0 Å². The average molecular weight is 356 g/mol. The summed E-state index contributed by atoms with van der Waals surface area (Å²) in [6.45, 7) is 3.00. The van der Waals surface area contributed by atoms with Gasteiger partial charge < -0.3 is 15.3 Å². The second kappa shape index (κ2) is 7.93. The van der Waals surface area contributed by atoms with Crippen molar-refractivity contribution in [3.63, 3.8) is 0 Å². The lowest BCUT2D eigenvalue weighted by atomic mass is 9.93. The van der Waals surface area contributed by atoms with E-state index in [1.54, 1.807) is 16.7 Å². The van der Waals surface area contributed by atoms with Crippen molar-refractivity contribution in [2.75, 3.05) is 24.2 Å². The fourth-order valence-electron chi connectivity index (χ4n) is 3.05. The van der Waals surface area contributed by atoms with Gasteiger partial charge in [0.05, 0.1) is 12.2 Å². The Hall–Kier alpha value is -1.98. The molecule has 0 radical (unpaired) electrons. The number of benzene rings is 2. The Balaban J connectivity index is 1.67. The normalized spacial score (nSPS) is 19.8. The van der Waals surface area contributed by atoms with Gasteiger partial charge in [-0.05, 0) is 36.3 Å². The monoisotopic (exact) mass is 356 g/mol. The van der Waals surface area contributed by atoms with Crippen molar-refractivity contribution in [3.8, 4) is 0 Å². The lowest BCUT2D eigenvalue weighted by molar-refractivity contribution is 0.0500. The minimum absolute atomic E-state index is 0.156. The topological polar surface area (TPSA) is 52.6 Å². The number of para-hydroxylation sites is 1. The SMILES string of the molecule is CCCSc1ccccc1NC(=O)N1CC[C@@](O)(c2ccccc2)C1. The second-order valence-corrected chi connectivity index (χ2v) is 7.48.